The summed E-state index contributed by atoms with van der Waals surface area (Å²) in [6.45, 7) is 10.9. The van der Waals surface area contributed by atoms with E-state index in [4.69, 9.17) is 4.42 Å². The summed E-state index contributed by atoms with van der Waals surface area (Å²) in [5.74, 6) is 1.67. The molecule has 4 rings (SSSR count). The summed E-state index contributed by atoms with van der Waals surface area (Å²) < 4.78 is 5.84. The molecule has 1 atom stereocenters. The zero-order valence-corrected chi connectivity index (χ0v) is 21.5. The first-order chi connectivity index (χ1) is 17.2. The highest BCUT2D eigenvalue weighted by molar-refractivity contribution is 7.98. The Morgan fingerprint density at radius 2 is 2.14 bits per heavy atom. The highest BCUT2D eigenvalue weighted by atomic mass is 32.2. The van der Waals surface area contributed by atoms with E-state index in [1.54, 1.807) is 36.7 Å². The summed E-state index contributed by atoms with van der Waals surface area (Å²) in [7, 11) is 0. The van der Waals surface area contributed by atoms with Crippen molar-refractivity contribution in [1.82, 2.24) is 25.0 Å². The number of hydrogen-bond donors (Lipinski definition) is 2. The van der Waals surface area contributed by atoms with Crippen molar-refractivity contribution in [3.05, 3.63) is 66.5 Å². The number of carbonyl (C=O) groups excluding carboxylic acids is 2. The second kappa shape index (κ2) is 11.0. The maximum Gasteiger partial charge on any atom is 0.254 e. The predicted octanol–water partition coefficient (Wildman–Crippen LogP) is 3.83. The van der Waals surface area contributed by atoms with E-state index in [1.807, 2.05) is 4.90 Å². The normalized spacial score (nSPS) is 16.0. The molecule has 1 aromatic carbocycles. The number of nitrogens with zero attached hydrogens (tertiary/aromatic N) is 5. The number of carbonyl (C=O) groups is 2. The molecule has 36 heavy (non-hydrogen) atoms. The van der Waals surface area contributed by atoms with Crippen molar-refractivity contribution in [2.75, 3.05) is 23.8 Å². The molecule has 1 saturated heterocycles. The lowest BCUT2D eigenvalue weighted by atomic mass is 9.94. The molecular weight excluding hydrogens is 478 g/mol. The summed E-state index contributed by atoms with van der Waals surface area (Å²) in [6, 6.07) is 6.93. The van der Waals surface area contributed by atoms with Crippen molar-refractivity contribution in [1.29, 1.82) is 0 Å². The van der Waals surface area contributed by atoms with Crippen LogP contribution in [0.5, 0.6) is 0 Å². The van der Waals surface area contributed by atoms with Crippen molar-refractivity contribution in [2.24, 2.45) is 0 Å². The smallest absolute Gasteiger partial charge is 0.254 e. The Hall–Kier alpha value is -3.60. The topological polar surface area (TPSA) is 118 Å². The molecule has 11 heteroatoms. The van der Waals surface area contributed by atoms with Crippen LogP contribution in [0.15, 0.2) is 58.8 Å². The molecular formula is C25H31N7O3S. The highest BCUT2D eigenvalue weighted by Gasteiger charge is 2.25. The minimum absolute atomic E-state index is 0.0117. The van der Waals surface area contributed by atoms with Crippen molar-refractivity contribution < 1.29 is 14.0 Å². The summed E-state index contributed by atoms with van der Waals surface area (Å²) in [5, 5.41) is 12.2. The van der Waals surface area contributed by atoms with E-state index >= 15 is 0 Å². The maximum absolute atomic E-state index is 13.1. The third kappa shape index (κ3) is 6.54. The van der Waals surface area contributed by atoms with Crippen LogP contribution in [0, 0.1) is 0 Å². The lowest BCUT2D eigenvalue weighted by molar-refractivity contribution is -0.111. The summed E-state index contributed by atoms with van der Waals surface area (Å²) in [4.78, 5) is 32.3. The van der Waals surface area contributed by atoms with E-state index in [1.165, 1.54) is 22.7 Å². The van der Waals surface area contributed by atoms with Crippen LogP contribution in [0.4, 0.5) is 5.69 Å². The van der Waals surface area contributed by atoms with E-state index in [2.05, 4.69) is 53.3 Å². The monoisotopic (exact) mass is 509 g/mol. The van der Waals surface area contributed by atoms with Crippen molar-refractivity contribution >= 4 is 29.3 Å². The van der Waals surface area contributed by atoms with Crippen LogP contribution in [0.2, 0.25) is 0 Å². The van der Waals surface area contributed by atoms with E-state index < -0.39 is 0 Å². The molecule has 10 nitrogen and oxygen atoms in total. The molecule has 0 spiro atoms. The molecule has 0 radical (unpaired) electrons. The molecule has 3 aromatic rings. The van der Waals surface area contributed by atoms with Gasteiger partial charge in [-0.05, 0) is 37.1 Å². The van der Waals surface area contributed by atoms with E-state index in [9.17, 15) is 9.59 Å². The number of nitrogens with one attached hydrogen (secondary N) is 2. The Balaban J connectivity index is 1.31. The Labute approximate surface area is 214 Å². The SMILES string of the molecule is C=CC(=O)Nc1cccc(C(=O)N2CCCC(Nn3ncc(SCc4ncc(C(C)(C)C)o4)n3)C2)c1. The number of thioether (sulfide) groups is 1. The Kier molecular flexibility index (Phi) is 7.78. The van der Waals surface area contributed by atoms with Crippen LogP contribution in [-0.2, 0) is 16.0 Å². The first kappa shape index (κ1) is 25.5. The quantitative estimate of drug-likeness (QED) is 0.347. The van der Waals surface area contributed by atoms with Gasteiger partial charge in [-0.2, -0.15) is 0 Å². The minimum atomic E-state index is -0.318. The Bertz CT molecular complexity index is 1230. The average Bonchev–Trinajstić information content (AvgIpc) is 3.52. The fraction of sp³-hybridized carbons (Fsp3) is 0.400. The van der Waals surface area contributed by atoms with Gasteiger partial charge in [0, 0.05) is 29.8 Å². The average molecular weight is 510 g/mol. The molecule has 2 amide bonds. The van der Waals surface area contributed by atoms with Gasteiger partial charge in [0.15, 0.2) is 0 Å². The largest absolute Gasteiger partial charge is 0.444 e. The number of likely N-dealkylation sites (tertiary alicyclic amines) is 1. The number of rotatable bonds is 8. The zero-order valence-electron chi connectivity index (χ0n) is 20.7. The van der Waals surface area contributed by atoms with Gasteiger partial charge in [-0.3, -0.25) is 15.0 Å². The molecule has 3 heterocycles. The fourth-order valence-electron chi connectivity index (χ4n) is 3.77. The first-order valence-corrected chi connectivity index (χ1v) is 12.8. The summed E-state index contributed by atoms with van der Waals surface area (Å²) in [6.07, 6.45) is 6.42. The van der Waals surface area contributed by atoms with Gasteiger partial charge >= 0.3 is 0 Å². The molecule has 1 unspecified atom stereocenters. The summed E-state index contributed by atoms with van der Waals surface area (Å²) >= 11 is 1.50. The van der Waals surface area contributed by atoms with Gasteiger partial charge in [0.05, 0.1) is 24.2 Å². The van der Waals surface area contributed by atoms with Gasteiger partial charge in [-0.1, -0.05) is 50.1 Å². The molecule has 0 aliphatic carbocycles. The van der Waals surface area contributed by atoms with Crippen LogP contribution in [0.3, 0.4) is 0 Å². The maximum atomic E-state index is 13.1. The lowest BCUT2D eigenvalue weighted by Crippen LogP contribution is -2.47. The molecule has 0 saturated carbocycles. The Morgan fingerprint density at radius 1 is 1.31 bits per heavy atom. The van der Waals surface area contributed by atoms with Crippen LogP contribution >= 0.6 is 11.8 Å². The number of amides is 2. The van der Waals surface area contributed by atoms with Crippen LogP contribution in [0.1, 0.15) is 55.6 Å². The molecule has 2 aromatic heterocycles. The molecule has 1 aliphatic heterocycles. The molecule has 1 aliphatic rings. The van der Waals surface area contributed by atoms with Crippen molar-refractivity contribution in [3.63, 3.8) is 0 Å². The number of oxazole rings is 1. The van der Waals surface area contributed by atoms with Crippen LogP contribution in [-0.4, -0.2) is 55.9 Å². The highest BCUT2D eigenvalue weighted by Crippen LogP contribution is 2.26. The second-order valence-electron chi connectivity index (χ2n) is 9.62. The predicted molar refractivity (Wildman–Crippen MR) is 138 cm³/mol. The lowest BCUT2D eigenvalue weighted by Gasteiger charge is -2.33. The summed E-state index contributed by atoms with van der Waals surface area (Å²) in [5.41, 5.74) is 4.28. The zero-order chi connectivity index (χ0) is 25.7. The molecule has 2 N–H and O–H groups in total. The van der Waals surface area contributed by atoms with E-state index in [0.29, 0.717) is 36.0 Å². The van der Waals surface area contributed by atoms with E-state index in [0.717, 1.165) is 23.6 Å². The van der Waals surface area contributed by atoms with Crippen LogP contribution in [0.25, 0.3) is 0 Å². The second-order valence-corrected chi connectivity index (χ2v) is 10.6. The molecule has 1 fully saturated rings. The Morgan fingerprint density at radius 3 is 2.89 bits per heavy atom. The number of hydrogen-bond acceptors (Lipinski definition) is 8. The third-order valence-electron chi connectivity index (χ3n) is 5.68. The van der Waals surface area contributed by atoms with Gasteiger partial charge in [0.1, 0.15) is 10.8 Å². The molecule has 190 valence electrons. The van der Waals surface area contributed by atoms with Gasteiger partial charge in [0.2, 0.25) is 11.8 Å². The van der Waals surface area contributed by atoms with Gasteiger partial charge < -0.3 is 14.6 Å². The standard InChI is InChI=1S/C25H31N7O3S/c1-5-21(33)28-18-9-6-8-17(12-18)24(34)31-11-7-10-19(15-31)29-32-27-14-23(30-32)36-16-22-26-13-20(35-22)25(2,3)4/h5-6,8-9,12-14,19,29H,1,7,10-11,15-16H2,2-4H3,(H,28,33). The van der Waals surface area contributed by atoms with Gasteiger partial charge in [-0.15, -0.1) is 10.2 Å². The first-order valence-electron chi connectivity index (χ1n) is 11.8. The fourth-order valence-corrected chi connectivity index (χ4v) is 4.43. The number of aromatic nitrogens is 4. The van der Waals surface area contributed by atoms with Gasteiger partial charge in [-0.25, -0.2) is 4.98 Å². The number of anilines is 1. The minimum Gasteiger partial charge on any atom is -0.444 e. The number of benzene rings is 1. The van der Waals surface area contributed by atoms with Gasteiger partial charge in [0.25, 0.3) is 5.91 Å². The third-order valence-corrected chi connectivity index (χ3v) is 6.55. The number of piperidine rings is 1. The molecule has 0 bridgehead atoms. The van der Waals surface area contributed by atoms with Crippen molar-refractivity contribution in [2.45, 2.75) is 55.8 Å². The van der Waals surface area contributed by atoms with Crippen molar-refractivity contribution in [3.8, 4) is 0 Å². The van der Waals surface area contributed by atoms with Crippen LogP contribution < -0.4 is 10.7 Å². The van der Waals surface area contributed by atoms with E-state index in [-0.39, 0.29) is 23.3 Å².